The Morgan fingerprint density at radius 2 is 2.00 bits per heavy atom. The lowest BCUT2D eigenvalue weighted by Crippen LogP contribution is -1.98. The second-order valence-electron chi connectivity index (χ2n) is 4.41. The minimum absolute atomic E-state index is 0.724. The SMILES string of the molecule is CCn1c(-c2cccc(N)c2)nc2cccc(Cl)c21. The maximum Gasteiger partial charge on any atom is 0.141 e. The summed E-state index contributed by atoms with van der Waals surface area (Å²) in [5.41, 5.74) is 9.48. The van der Waals surface area contributed by atoms with Crippen LogP contribution >= 0.6 is 11.6 Å². The molecule has 19 heavy (non-hydrogen) atoms. The summed E-state index contributed by atoms with van der Waals surface area (Å²) in [7, 11) is 0. The smallest absolute Gasteiger partial charge is 0.141 e. The number of anilines is 1. The first-order chi connectivity index (χ1) is 9.20. The van der Waals surface area contributed by atoms with E-state index in [4.69, 9.17) is 17.3 Å². The largest absolute Gasteiger partial charge is 0.399 e. The third kappa shape index (κ3) is 1.96. The Morgan fingerprint density at radius 1 is 1.21 bits per heavy atom. The van der Waals surface area contributed by atoms with E-state index < -0.39 is 0 Å². The number of benzene rings is 2. The maximum atomic E-state index is 6.29. The molecule has 0 atom stereocenters. The molecule has 0 aliphatic rings. The Hall–Kier alpha value is -2.00. The normalized spacial score (nSPS) is 11.1. The number of aryl methyl sites for hydroxylation is 1. The number of nitrogens with two attached hydrogens (primary N) is 1. The number of nitrogen functional groups attached to an aromatic ring is 1. The number of halogens is 1. The first-order valence-corrected chi connectivity index (χ1v) is 6.59. The van der Waals surface area contributed by atoms with E-state index in [0.29, 0.717) is 0 Å². The summed E-state index contributed by atoms with van der Waals surface area (Å²) in [6, 6.07) is 13.5. The van der Waals surface area contributed by atoms with Crippen molar-refractivity contribution in [2.75, 3.05) is 5.73 Å². The van der Waals surface area contributed by atoms with Gasteiger partial charge in [0.25, 0.3) is 0 Å². The number of hydrogen-bond donors (Lipinski definition) is 1. The summed E-state index contributed by atoms with van der Waals surface area (Å²) < 4.78 is 2.12. The Morgan fingerprint density at radius 3 is 2.74 bits per heavy atom. The second kappa shape index (κ2) is 4.59. The van der Waals surface area contributed by atoms with E-state index in [-0.39, 0.29) is 0 Å². The topological polar surface area (TPSA) is 43.8 Å². The van der Waals surface area contributed by atoms with Gasteiger partial charge in [-0.15, -0.1) is 0 Å². The Balaban J connectivity index is 2.33. The van der Waals surface area contributed by atoms with Crippen LogP contribution in [-0.4, -0.2) is 9.55 Å². The molecular weight excluding hydrogens is 258 g/mol. The molecule has 1 aromatic heterocycles. The summed E-state index contributed by atoms with van der Waals surface area (Å²) in [6.45, 7) is 2.89. The van der Waals surface area contributed by atoms with Crippen LogP contribution in [0.2, 0.25) is 5.02 Å². The second-order valence-corrected chi connectivity index (χ2v) is 4.82. The van der Waals surface area contributed by atoms with Gasteiger partial charge < -0.3 is 10.3 Å². The molecule has 0 aliphatic heterocycles. The van der Waals surface area contributed by atoms with Crippen molar-refractivity contribution in [1.29, 1.82) is 0 Å². The van der Waals surface area contributed by atoms with Gasteiger partial charge in [0.2, 0.25) is 0 Å². The van der Waals surface area contributed by atoms with E-state index in [2.05, 4.69) is 16.5 Å². The number of nitrogens with zero attached hydrogens (tertiary/aromatic N) is 2. The highest BCUT2D eigenvalue weighted by Crippen LogP contribution is 2.30. The van der Waals surface area contributed by atoms with E-state index in [1.54, 1.807) is 0 Å². The lowest BCUT2D eigenvalue weighted by molar-refractivity contribution is 0.796. The third-order valence-electron chi connectivity index (χ3n) is 3.18. The minimum atomic E-state index is 0.724. The van der Waals surface area contributed by atoms with E-state index in [1.807, 2.05) is 42.5 Å². The number of para-hydroxylation sites is 1. The molecule has 0 saturated heterocycles. The van der Waals surface area contributed by atoms with Crippen molar-refractivity contribution in [2.24, 2.45) is 0 Å². The molecule has 4 heteroatoms. The van der Waals surface area contributed by atoms with Gasteiger partial charge in [-0.25, -0.2) is 4.98 Å². The molecule has 2 N–H and O–H groups in total. The first kappa shape index (κ1) is 12.1. The number of aromatic nitrogens is 2. The molecule has 0 saturated carbocycles. The average molecular weight is 272 g/mol. The van der Waals surface area contributed by atoms with Crippen LogP contribution in [0.4, 0.5) is 5.69 Å². The van der Waals surface area contributed by atoms with Gasteiger partial charge in [0.1, 0.15) is 5.82 Å². The van der Waals surface area contributed by atoms with Gasteiger partial charge in [0.05, 0.1) is 16.1 Å². The van der Waals surface area contributed by atoms with Crippen LogP contribution in [0.5, 0.6) is 0 Å². The van der Waals surface area contributed by atoms with Crippen molar-refractivity contribution in [3.8, 4) is 11.4 Å². The van der Waals surface area contributed by atoms with Crippen molar-refractivity contribution in [1.82, 2.24) is 9.55 Å². The molecular formula is C15H14ClN3. The van der Waals surface area contributed by atoms with Crippen LogP contribution in [-0.2, 0) is 6.54 Å². The highest BCUT2D eigenvalue weighted by Gasteiger charge is 2.13. The van der Waals surface area contributed by atoms with Gasteiger partial charge in [-0.1, -0.05) is 29.8 Å². The quantitative estimate of drug-likeness (QED) is 0.717. The van der Waals surface area contributed by atoms with Crippen LogP contribution in [0.25, 0.3) is 22.4 Å². The van der Waals surface area contributed by atoms with E-state index in [1.165, 1.54) is 0 Å². The summed E-state index contributed by atoms with van der Waals surface area (Å²) >= 11 is 6.29. The molecule has 0 bridgehead atoms. The minimum Gasteiger partial charge on any atom is -0.399 e. The van der Waals surface area contributed by atoms with E-state index in [0.717, 1.165) is 39.7 Å². The van der Waals surface area contributed by atoms with Crippen LogP contribution in [0.3, 0.4) is 0 Å². The Bertz CT molecular complexity index is 746. The van der Waals surface area contributed by atoms with Crippen LogP contribution in [0.1, 0.15) is 6.92 Å². The van der Waals surface area contributed by atoms with E-state index >= 15 is 0 Å². The lowest BCUT2D eigenvalue weighted by atomic mass is 10.2. The predicted molar refractivity (Wildman–Crippen MR) is 80.3 cm³/mol. The Kier molecular flexibility index (Phi) is 2.91. The highest BCUT2D eigenvalue weighted by molar-refractivity contribution is 6.35. The van der Waals surface area contributed by atoms with Crippen molar-refractivity contribution in [3.63, 3.8) is 0 Å². The molecule has 3 nitrogen and oxygen atoms in total. The fourth-order valence-electron chi connectivity index (χ4n) is 2.35. The van der Waals surface area contributed by atoms with Crippen LogP contribution in [0.15, 0.2) is 42.5 Å². The molecule has 0 amide bonds. The standard InChI is InChI=1S/C15H14ClN3/c1-2-19-14-12(16)7-4-8-13(14)18-15(19)10-5-3-6-11(17)9-10/h3-9H,2,17H2,1H3. The van der Waals surface area contributed by atoms with Gasteiger partial charge in [-0.2, -0.15) is 0 Å². The molecule has 0 aliphatic carbocycles. The molecule has 0 unspecified atom stereocenters. The zero-order chi connectivity index (χ0) is 13.4. The fourth-order valence-corrected chi connectivity index (χ4v) is 2.62. The molecule has 0 fully saturated rings. The van der Waals surface area contributed by atoms with Crippen LogP contribution < -0.4 is 5.73 Å². The number of rotatable bonds is 2. The van der Waals surface area contributed by atoms with Crippen LogP contribution in [0, 0.1) is 0 Å². The lowest BCUT2D eigenvalue weighted by Gasteiger charge is -2.07. The number of hydrogen-bond acceptors (Lipinski definition) is 2. The van der Waals surface area contributed by atoms with Gasteiger partial charge in [-0.05, 0) is 31.2 Å². The Labute approximate surface area is 116 Å². The van der Waals surface area contributed by atoms with Gasteiger partial charge in [0.15, 0.2) is 0 Å². The van der Waals surface area contributed by atoms with Crippen molar-refractivity contribution in [2.45, 2.75) is 13.5 Å². The van der Waals surface area contributed by atoms with Crippen molar-refractivity contribution < 1.29 is 0 Å². The summed E-state index contributed by atoms with van der Waals surface area (Å²) in [5.74, 6) is 0.901. The van der Waals surface area contributed by atoms with Crippen molar-refractivity contribution >= 4 is 28.3 Å². The molecule has 1 heterocycles. The molecule has 0 radical (unpaired) electrons. The average Bonchev–Trinajstić information content (AvgIpc) is 2.78. The first-order valence-electron chi connectivity index (χ1n) is 6.21. The highest BCUT2D eigenvalue weighted by atomic mass is 35.5. The molecule has 3 aromatic rings. The van der Waals surface area contributed by atoms with Gasteiger partial charge >= 0.3 is 0 Å². The fraction of sp³-hybridized carbons (Fsp3) is 0.133. The molecule has 96 valence electrons. The van der Waals surface area contributed by atoms with E-state index in [9.17, 15) is 0 Å². The zero-order valence-corrected chi connectivity index (χ0v) is 11.4. The monoisotopic (exact) mass is 271 g/mol. The summed E-state index contributed by atoms with van der Waals surface area (Å²) in [5, 5.41) is 0.724. The summed E-state index contributed by atoms with van der Waals surface area (Å²) in [6.07, 6.45) is 0. The summed E-state index contributed by atoms with van der Waals surface area (Å²) in [4.78, 5) is 4.68. The maximum absolute atomic E-state index is 6.29. The third-order valence-corrected chi connectivity index (χ3v) is 3.48. The number of imidazole rings is 1. The number of fused-ring (bicyclic) bond motifs is 1. The zero-order valence-electron chi connectivity index (χ0n) is 10.6. The molecule has 3 rings (SSSR count). The molecule has 2 aromatic carbocycles. The molecule has 0 spiro atoms. The van der Waals surface area contributed by atoms with Crippen molar-refractivity contribution in [3.05, 3.63) is 47.5 Å². The van der Waals surface area contributed by atoms with Gasteiger partial charge in [-0.3, -0.25) is 0 Å². The predicted octanol–water partition coefficient (Wildman–Crippen LogP) is 3.96. The van der Waals surface area contributed by atoms with Gasteiger partial charge in [0, 0.05) is 17.8 Å².